The Morgan fingerprint density at radius 3 is 2.65 bits per heavy atom. The monoisotopic (exact) mass is 277 g/mol. The van der Waals surface area contributed by atoms with Crippen LogP contribution in [-0.2, 0) is 0 Å². The van der Waals surface area contributed by atoms with Gasteiger partial charge in [0.25, 0.3) is 0 Å². The van der Waals surface area contributed by atoms with Crippen molar-refractivity contribution in [3.8, 4) is 11.5 Å². The predicted octanol–water partition coefficient (Wildman–Crippen LogP) is 3.22. The van der Waals surface area contributed by atoms with Crippen LogP contribution >= 0.6 is 0 Å². The zero-order chi connectivity index (χ0) is 14.7. The first-order valence-electron chi connectivity index (χ1n) is 5.42. The highest BCUT2D eigenvalue weighted by molar-refractivity contribution is 5.88. The van der Waals surface area contributed by atoms with Crippen LogP contribution < -0.4 is 4.74 Å². The zero-order valence-electron chi connectivity index (χ0n) is 9.95. The molecule has 2 aromatic rings. The lowest BCUT2D eigenvalue weighted by molar-refractivity contribution is -0.385. The van der Waals surface area contributed by atoms with Gasteiger partial charge in [-0.2, -0.15) is 0 Å². The number of aromatic carboxylic acids is 1. The average Bonchev–Trinajstić information content (AvgIpc) is 2.38. The maximum atomic E-state index is 13.1. The van der Waals surface area contributed by atoms with Crippen molar-refractivity contribution in [3.05, 3.63) is 64.0 Å². The van der Waals surface area contributed by atoms with Crippen LogP contribution in [0.5, 0.6) is 11.5 Å². The van der Waals surface area contributed by atoms with E-state index in [9.17, 15) is 19.3 Å². The number of carboxylic acid groups (broad SMARTS) is 1. The van der Waals surface area contributed by atoms with Crippen molar-refractivity contribution >= 4 is 11.7 Å². The normalized spacial score (nSPS) is 10.1. The van der Waals surface area contributed by atoms with Gasteiger partial charge >= 0.3 is 11.7 Å². The van der Waals surface area contributed by atoms with Crippen LogP contribution in [0.4, 0.5) is 10.1 Å². The summed E-state index contributed by atoms with van der Waals surface area (Å²) < 4.78 is 18.3. The molecular formula is C13H8FNO5. The first-order chi connectivity index (χ1) is 9.47. The second-order valence-corrected chi connectivity index (χ2v) is 3.80. The Morgan fingerprint density at radius 1 is 1.25 bits per heavy atom. The summed E-state index contributed by atoms with van der Waals surface area (Å²) in [6.07, 6.45) is 0. The molecule has 0 atom stereocenters. The summed E-state index contributed by atoms with van der Waals surface area (Å²) in [6, 6.07) is 8.16. The molecule has 20 heavy (non-hydrogen) atoms. The van der Waals surface area contributed by atoms with Gasteiger partial charge < -0.3 is 9.84 Å². The van der Waals surface area contributed by atoms with E-state index < -0.39 is 22.4 Å². The van der Waals surface area contributed by atoms with Crippen molar-refractivity contribution in [2.75, 3.05) is 0 Å². The van der Waals surface area contributed by atoms with Crippen LogP contribution in [0.1, 0.15) is 10.4 Å². The quantitative estimate of drug-likeness (QED) is 0.684. The van der Waals surface area contributed by atoms with E-state index in [2.05, 4.69) is 0 Å². The van der Waals surface area contributed by atoms with E-state index in [-0.39, 0.29) is 17.1 Å². The van der Waals surface area contributed by atoms with Gasteiger partial charge in [0.05, 0.1) is 10.5 Å². The highest BCUT2D eigenvalue weighted by Gasteiger charge is 2.17. The number of nitro benzene ring substituents is 1. The average molecular weight is 277 g/mol. The number of carbonyl (C=O) groups is 1. The first kappa shape index (κ1) is 13.5. The minimum Gasteiger partial charge on any atom is -0.478 e. The zero-order valence-corrected chi connectivity index (χ0v) is 9.95. The molecule has 0 unspecified atom stereocenters. The summed E-state index contributed by atoms with van der Waals surface area (Å²) in [7, 11) is 0. The first-order valence-corrected chi connectivity index (χ1v) is 5.42. The van der Waals surface area contributed by atoms with Gasteiger partial charge in [0.15, 0.2) is 0 Å². The van der Waals surface area contributed by atoms with Gasteiger partial charge in [0.2, 0.25) is 5.75 Å². The standard InChI is InChI=1S/C13H8FNO5/c14-9-4-5-11(15(18)19)12(7-9)20-10-3-1-2-8(6-10)13(16)17/h1-7H,(H,16,17). The summed E-state index contributed by atoms with van der Waals surface area (Å²) in [5.41, 5.74) is -0.450. The number of nitrogens with zero attached hydrogens (tertiary/aromatic N) is 1. The van der Waals surface area contributed by atoms with E-state index in [1.54, 1.807) is 0 Å². The molecule has 0 spiro atoms. The molecule has 0 radical (unpaired) electrons. The number of carboxylic acids is 1. The minimum absolute atomic E-state index is 0.0402. The molecule has 102 valence electrons. The van der Waals surface area contributed by atoms with Crippen molar-refractivity contribution in [1.82, 2.24) is 0 Å². The molecule has 0 aliphatic carbocycles. The molecule has 2 rings (SSSR count). The maximum absolute atomic E-state index is 13.1. The van der Waals surface area contributed by atoms with Crippen molar-refractivity contribution in [3.63, 3.8) is 0 Å². The molecule has 0 saturated carbocycles. The number of benzene rings is 2. The number of ether oxygens (including phenoxy) is 1. The largest absolute Gasteiger partial charge is 0.478 e. The van der Waals surface area contributed by atoms with Crippen molar-refractivity contribution in [2.45, 2.75) is 0 Å². The Kier molecular flexibility index (Phi) is 3.60. The molecule has 7 heteroatoms. The number of rotatable bonds is 4. The fraction of sp³-hybridized carbons (Fsp3) is 0. The van der Waals surface area contributed by atoms with Gasteiger partial charge in [-0.3, -0.25) is 10.1 Å². The third-order valence-electron chi connectivity index (χ3n) is 2.43. The fourth-order valence-electron chi connectivity index (χ4n) is 1.54. The van der Waals surface area contributed by atoms with Crippen molar-refractivity contribution in [1.29, 1.82) is 0 Å². The fourth-order valence-corrected chi connectivity index (χ4v) is 1.54. The number of hydrogen-bond donors (Lipinski definition) is 1. The third-order valence-corrected chi connectivity index (χ3v) is 2.43. The number of halogens is 1. The van der Waals surface area contributed by atoms with E-state index >= 15 is 0 Å². The van der Waals surface area contributed by atoms with Crippen molar-refractivity contribution < 1.29 is 24.0 Å². The minimum atomic E-state index is -1.16. The molecule has 0 aromatic heterocycles. The van der Waals surface area contributed by atoms with E-state index in [1.807, 2.05) is 0 Å². The second kappa shape index (κ2) is 5.35. The Bertz CT molecular complexity index is 686. The molecule has 0 saturated heterocycles. The number of hydrogen-bond acceptors (Lipinski definition) is 4. The third kappa shape index (κ3) is 2.89. The van der Waals surface area contributed by atoms with Crippen molar-refractivity contribution in [2.24, 2.45) is 0 Å². The maximum Gasteiger partial charge on any atom is 0.335 e. The topological polar surface area (TPSA) is 89.7 Å². The highest BCUT2D eigenvalue weighted by Crippen LogP contribution is 2.32. The molecule has 1 N–H and O–H groups in total. The molecule has 0 amide bonds. The van der Waals surface area contributed by atoms with Crippen LogP contribution in [0.15, 0.2) is 42.5 Å². The summed E-state index contributed by atoms with van der Waals surface area (Å²) in [6.45, 7) is 0. The molecule has 0 aliphatic heterocycles. The lowest BCUT2D eigenvalue weighted by Crippen LogP contribution is -1.97. The summed E-state index contributed by atoms with van der Waals surface area (Å²) in [5, 5.41) is 19.6. The molecule has 0 heterocycles. The Hall–Kier alpha value is -2.96. The van der Waals surface area contributed by atoms with Crippen LogP contribution in [0.2, 0.25) is 0 Å². The van der Waals surface area contributed by atoms with E-state index in [4.69, 9.17) is 9.84 Å². The Labute approximate surface area is 112 Å². The van der Waals surface area contributed by atoms with Crippen LogP contribution in [0, 0.1) is 15.9 Å². The molecular weight excluding hydrogens is 269 g/mol. The molecule has 0 aliphatic rings. The van der Waals surface area contributed by atoms with Gasteiger partial charge in [-0.25, -0.2) is 9.18 Å². The summed E-state index contributed by atoms with van der Waals surface area (Å²) in [4.78, 5) is 20.9. The lowest BCUT2D eigenvalue weighted by atomic mass is 10.2. The van der Waals surface area contributed by atoms with Gasteiger partial charge in [-0.1, -0.05) is 6.07 Å². The summed E-state index contributed by atoms with van der Waals surface area (Å²) in [5.74, 6) is -2.08. The van der Waals surface area contributed by atoms with Gasteiger partial charge in [-0.05, 0) is 24.3 Å². The Morgan fingerprint density at radius 2 is 2.00 bits per heavy atom. The lowest BCUT2D eigenvalue weighted by Gasteiger charge is -2.07. The highest BCUT2D eigenvalue weighted by atomic mass is 19.1. The van der Waals surface area contributed by atoms with Gasteiger partial charge in [0, 0.05) is 12.1 Å². The molecule has 0 fully saturated rings. The SMILES string of the molecule is O=C(O)c1cccc(Oc2cc(F)ccc2[N+](=O)[O-])c1. The van der Waals surface area contributed by atoms with Crippen LogP contribution in [0.25, 0.3) is 0 Å². The van der Waals surface area contributed by atoms with Gasteiger partial charge in [0.1, 0.15) is 11.6 Å². The molecule has 0 bridgehead atoms. The van der Waals surface area contributed by atoms with Crippen LogP contribution in [0.3, 0.4) is 0 Å². The van der Waals surface area contributed by atoms with Crippen LogP contribution in [-0.4, -0.2) is 16.0 Å². The van der Waals surface area contributed by atoms with Gasteiger partial charge in [-0.15, -0.1) is 0 Å². The Balaban J connectivity index is 2.39. The second-order valence-electron chi connectivity index (χ2n) is 3.80. The molecule has 6 nitrogen and oxygen atoms in total. The molecule has 2 aromatic carbocycles. The number of nitro groups is 1. The smallest absolute Gasteiger partial charge is 0.335 e. The predicted molar refractivity (Wildman–Crippen MR) is 66.5 cm³/mol. The van der Waals surface area contributed by atoms with E-state index in [0.29, 0.717) is 0 Å². The summed E-state index contributed by atoms with van der Waals surface area (Å²) >= 11 is 0. The van der Waals surface area contributed by atoms with E-state index in [0.717, 1.165) is 18.2 Å². The van der Waals surface area contributed by atoms with E-state index in [1.165, 1.54) is 24.3 Å².